The highest BCUT2D eigenvalue weighted by Gasteiger charge is 2.22. The minimum atomic E-state index is 0.501. The maximum atomic E-state index is 6.19. The summed E-state index contributed by atoms with van der Waals surface area (Å²) in [5.41, 5.74) is 1.87. The van der Waals surface area contributed by atoms with Crippen molar-refractivity contribution in [2.45, 2.75) is 6.92 Å². The van der Waals surface area contributed by atoms with Crippen LogP contribution in [0.3, 0.4) is 0 Å². The van der Waals surface area contributed by atoms with Crippen LogP contribution >= 0.6 is 23.2 Å². The molecule has 0 amide bonds. The van der Waals surface area contributed by atoms with E-state index in [4.69, 9.17) is 27.7 Å². The predicted molar refractivity (Wildman–Crippen MR) is 72.1 cm³/mol. The summed E-state index contributed by atoms with van der Waals surface area (Å²) in [7, 11) is 0. The SMILES string of the molecule is Cc1onc(-c2c(Cl)cccc2Cl)c1-c1ncn[nH]1. The van der Waals surface area contributed by atoms with Gasteiger partial charge < -0.3 is 4.52 Å². The number of benzene rings is 1. The summed E-state index contributed by atoms with van der Waals surface area (Å²) in [4.78, 5) is 4.11. The molecule has 3 aromatic rings. The Hall–Kier alpha value is -1.85. The van der Waals surface area contributed by atoms with E-state index in [1.165, 1.54) is 6.33 Å². The molecule has 1 N–H and O–H groups in total. The summed E-state index contributed by atoms with van der Waals surface area (Å²) < 4.78 is 5.23. The molecule has 0 atom stereocenters. The van der Waals surface area contributed by atoms with E-state index in [0.717, 1.165) is 0 Å². The molecule has 0 aliphatic carbocycles. The molecular weight excluding hydrogens is 287 g/mol. The van der Waals surface area contributed by atoms with Crippen LogP contribution in [0.5, 0.6) is 0 Å². The third-order valence-electron chi connectivity index (χ3n) is 2.71. The monoisotopic (exact) mass is 294 g/mol. The maximum absolute atomic E-state index is 6.19. The molecule has 0 radical (unpaired) electrons. The van der Waals surface area contributed by atoms with Crippen molar-refractivity contribution in [1.29, 1.82) is 0 Å². The summed E-state index contributed by atoms with van der Waals surface area (Å²) in [5, 5.41) is 11.6. The number of nitrogens with zero attached hydrogens (tertiary/aromatic N) is 3. The largest absolute Gasteiger partial charge is 0.360 e. The third kappa shape index (κ3) is 2.01. The zero-order valence-corrected chi connectivity index (χ0v) is 11.3. The van der Waals surface area contributed by atoms with Gasteiger partial charge >= 0.3 is 0 Å². The van der Waals surface area contributed by atoms with Crippen LogP contribution < -0.4 is 0 Å². The number of nitrogens with one attached hydrogen (secondary N) is 1. The lowest BCUT2D eigenvalue weighted by atomic mass is 10.1. The molecule has 3 rings (SSSR count). The molecule has 96 valence electrons. The molecule has 0 saturated heterocycles. The molecule has 0 fully saturated rings. The first-order chi connectivity index (χ1) is 9.18. The second-order valence-electron chi connectivity index (χ2n) is 3.89. The van der Waals surface area contributed by atoms with Gasteiger partial charge in [-0.3, -0.25) is 5.10 Å². The highest BCUT2D eigenvalue weighted by atomic mass is 35.5. The minimum Gasteiger partial charge on any atom is -0.360 e. The van der Waals surface area contributed by atoms with Crippen molar-refractivity contribution in [2.75, 3.05) is 0 Å². The van der Waals surface area contributed by atoms with Crippen LogP contribution in [0.1, 0.15) is 5.76 Å². The van der Waals surface area contributed by atoms with Crippen LogP contribution in [0.2, 0.25) is 10.0 Å². The Morgan fingerprint density at radius 1 is 1.16 bits per heavy atom. The van der Waals surface area contributed by atoms with Gasteiger partial charge in [0, 0.05) is 5.56 Å². The molecule has 19 heavy (non-hydrogen) atoms. The van der Waals surface area contributed by atoms with Gasteiger partial charge in [0.2, 0.25) is 0 Å². The Morgan fingerprint density at radius 2 is 1.89 bits per heavy atom. The van der Waals surface area contributed by atoms with Crippen molar-refractivity contribution in [3.05, 3.63) is 40.3 Å². The lowest BCUT2D eigenvalue weighted by molar-refractivity contribution is 0.400. The van der Waals surface area contributed by atoms with E-state index < -0.39 is 0 Å². The van der Waals surface area contributed by atoms with Crippen LogP contribution in [0.15, 0.2) is 29.0 Å². The highest BCUT2D eigenvalue weighted by molar-refractivity contribution is 6.39. The summed E-state index contributed by atoms with van der Waals surface area (Å²) >= 11 is 12.4. The van der Waals surface area contributed by atoms with E-state index in [-0.39, 0.29) is 0 Å². The second-order valence-corrected chi connectivity index (χ2v) is 4.71. The van der Waals surface area contributed by atoms with Gasteiger partial charge in [-0.25, -0.2) is 4.98 Å². The summed E-state index contributed by atoms with van der Waals surface area (Å²) in [6, 6.07) is 5.27. The normalized spacial score (nSPS) is 10.9. The zero-order chi connectivity index (χ0) is 13.4. The van der Waals surface area contributed by atoms with Gasteiger partial charge in [0.1, 0.15) is 17.8 Å². The van der Waals surface area contributed by atoms with Gasteiger partial charge in [0.25, 0.3) is 0 Å². The fourth-order valence-corrected chi connectivity index (χ4v) is 2.45. The molecule has 0 unspecified atom stereocenters. The van der Waals surface area contributed by atoms with E-state index in [0.29, 0.717) is 38.5 Å². The fourth-order valence-electron chi connectivity index (χ4n) is 1.87. The number of aromatic amines is 1. The molecule has 7 heteroatoms. The second kappa shape index (κ2) is 4.68. The Bertz CT molecular complexity index is 701. The highest BCUT2D eigenvalue weighted by Crippen LogP contribution is 2.39. The molecule has 2 heterocycles. The molecular formula is C12H8Cl2N4O. The molecule has 5 nitrogen and oxygen atoms in total. The third-order valence-corrected chi connectivity index (χ3v) is 3.34. The standard InChI is InChI=1S/C12H8Cl2N4O/c1-6-9(12-15-5-16-17-12)11(18-19-6)10-7(13)3-2-4-8(10)14/h2-5H,1H3,(H,15,16,17). The lowest BCUT2D eigenvalue weighted by Crippen LogP contribution is -1.88. The van der Waals surface area contributed by atoms with Crippen LogP contribution in [-0.2, 0) is 0 Å². The van der Waals surface area contributed by atoms with E-state index in [1.54, 1.807) is 25.1 Å². The molecule has 0 bridgehead atoms. The number of hydrogen-bond acceptors (Lipinski definition) is 4. The number of aromatic nitrogens is 4. The molecule has 0 saturated carbocycles. The predicted octanol–water partition coefficient (Wildman–Crippen LogP) is 3.74. The first-order valence-corrected chi connectivity index (χ1v) is 6.20. The van der Waals surface area contributed by atoms with Crippen molar-refractivity contribution in [2.24, 2.45) is 0 Å². The van der Waals surface area contributed by atoms with E-state index in [9.17, 15) is 0 Å². The first-order valence-electron chi connectivity index (χ1n) is 5.45. The number of rotatable bonds is 2. The average molecular weight is 295 g/mol. The van der Waals surface area contributed by atoms with E-state index in [1.807, 2.05) is 0 Å². The average Bonchev–Trinajstić information content (AvgIpc) is 2.99. The summed E-state index contributed by atoms with van der Waals surface area (Å²) in [6.07, 6.45) is 1.42. The number of hydrogen-bond donors (Lipinski definition) is 1. The van der Waals surface area contributed by atoms with Gasteiger partial charge in [0.05, 0.1) is 15.6 Å². The van der Waals surface area contributed by atoms with Crippen LogP contribution in [0.4, 0.5) is 0 Å². The molecule has 2 aromatic heterocycles. The van der Waals surface area contributed by atoms with Gasteiger partial charge in [-0.15, -0.1) is 0 Å². The summed E-state index contributed by atoms with van der Waals surface area (Å²) in [6.45, 7) is 1.79. The number of halogens is 2. The Balaban J connectivity index is 2.28. The zero-order valence-electron chi connectivity index (χ0n) is 9.82. The molecule has 0 aliphatic heterocycles. The smallest absolute Gasteiger partial charge is 0.161 e. The van der Waals surface area contributed by atoms with Crippen molar-refractivity contribution in [1.82, 2.24) is 20.3 Å². The number of aryl methyl sites for hydroxylation is 1. The van der Waals surface area contributed by atoms with Crippen molar-refractivity contribution < 1.29 is 4.52 Å². The van der Waals surface area contributed by atoms with Crippen LogP contribution in [0.25, 0.3) is 22.6 Å². The quantitative estimate of drug-likeness (QED) is 0.782. The van der Waals surface area contributed by atoms with Crippen molar-refractivity contribution in [3.63, 3.8) is 0 Å². The molecule has 1 aromatic carbocycles. The molecule has 0 spiro atoms. The fraction of sp³-hybridized carbons (Fsp3) is 0.0833. The van der Waals surface area contributed by atoms with Crippen LogP contribution in [-0.4, -0.2) is 20.3 Å². The Kier molecular flexibility index (Phi) is 3.00. The van der Waals surface area contributed by atoms with E-state index >= 15 is 0 Å². The van der Waals surface area contributed by atoms with Crippen molar-refractivity contribution >= 4 is 23.2 Å². The first kappa shape index (κ1) is 12.2. The topological polar surface area (TPSA) is 67.6 Å². The minimum absolute atomic E-state index is 0.501. The maximum Gasteiger partial charge on any atom is 0.161 e. The van der Waals surface area contributed by atoms with Gasteiger partial charge in [-0.1, -0.05) is 34.4 Å². The van der Waals surface area contributed by atoms with E-state index in [2.05, 4.69) is 20.3 Å². The van der Waals surface area contributed by atoms with Gasteiger partial charge in [-0.05, 0) is 19.1 Å². The Labute approximate surface area is 118 Å². The summed E-state index contributed by atoms with van der Waals surface area (Å²) in [5.74, 6) is 1.17. The Morgan fingerprint density at radius 3 is 2.53 bits per heavy atom. The van der Waals surface area contributed by atoms with Crippen molar-refractivity contribution in [3.8, 4) is 22.6 Å². The van der Waals surface area contributed by atoms with Crippen LogP contribution in [0, 0.1) is 6.92 Å². The van der Waals surface area contributed by atoms with Gasteiger partial charge in [-0.2, -0.15) is 5.10 Å². The van der Waals surface area contributed by atoms with Gasteiger partial charge in [0.15, 0.2) is 5.82 Å². The number of H-pyrrole nitrogens is 1. The molecule has 0 aliphatic rings. The lowest BCUT2D eigenvalue weighted by Gasteiger charge is -2.04.